The van der Waals surface area contributed by atoms with Gasteiger partial charge in [-0.25, -0.2) is 9.37 Å². The van der Waals surface area contributed by atoms with Crippen LogP contribution in [0.25, 0.3) is 10.9 Å². The topological polar surface area (TPSA) is 50.8 Å². The van der Waals surface area contributed by atoms with Crippen LogP contribution in [0.2, 0.25) is 0 Å². The lowest BCUT2D eigenvalue weighted by atomic mass is 10.1. The third-order valence-corrected chi connectivity index (χ3v) is 5.45. The number of halogens is 1. The highest BCUT2D eigenvalue weighted by Gasteiger charge is 2.18. The number of aryl methyl sites for hydroxylation is 2. The summed E-state index contributed by atoms with van der Waals surface area (Å²) < 4.78 is 21.4. The van der Waals surface area contributed by atoms with Crippen molar-refractivity contribution < 1.29 is 9.13 Å². The van der Waals surface area contributed by atoms with Crippen LogP contribution in [0, 0.1) is 37.9 Å². The van der Waals surface area contributed by atoms with Crippen LogP contribution in [0.3, 0.4) is 0 Å². The van der Waals surface area contributed by atoms with Crippen molar-refractivity contribution >= 4 is 10.9 Å². The predicted octanol–water partition coefficient (Wildman–Crippen LogP) is 5.60. The van der Waals surface area contributed by atoms with Crippen molar-refractivity contribution in [3.05, 3.63) is 94.1 Å². The Morgan fingerprint density at radius 3 is 2.33 bits per heavy atom. The molecule has 150 valence electrons. The van der Waals surface area contributed by atoms with Gasteiger partial charge in [-0.3, -0.25) is 0 Å². The Labute approximate surface area is 175 Å². The second-order valence-electron chi connectivity index (χ2n) is 7.52. The molecule has 4 aromatic rings. The minimum absolute atomic E-state index is 0.241. The monoisotopic (exact) mass is 399 g/mol. The van der Waals surface area contributed by atoms with Gasteiger partial charge in [-0.05, 0) is 55.7 Å². The molecule has 0 aliphatic rings. The van der Waals surface area contributed by atoms with E-state index in [1.54, 1.807) is 12.1 Å². The largest absolute Gasteiger partial charge is 0.471 e. The molecule has 5 heteroatoms. The molecule has 0 spiro atoms. The highest BCUT2D eigenvalue weighted by molar-refractivity contribution is 5.90. The van der Waals surface area contributed by atoms with E-state index in [1.165, 1.54) is 23.3 Å². The molecule has 30 heavy (non-hydrogen) atoms. The summed E-state index contributed by atoms with van der Waals surface area (Å²) in [6.07, 6.45) is 0. The molecule has 0 fully saturated rings. The molecule has 2 aromatic heterocycles. The van der Waals surface area contributed by atoms with E-state index in [9.17, 15) is 9.65 Å². The Morgan fingerprint density at radius 2 is 1.67 bits per heavy atom. The zero-order valence-electron chi connectivity index (χ0n) is 17.2. The molecule has 0 radical (unpaired) electrons. The van der Waals surface area contributed by atoms with Crippen LogP contribution >= 0.6 is 0 Å². The van der Waals surface area contributed by atoms with Crippen molar-refractivity contribution in [3.63, 3.8) is 0 Å². The lowest BCUT2D eigenvalue weighted by molar-refractivity contribution is 0.296. The van der Waals surface area contributed by atoms with Crippen molar-refractivity contribution in [2.75, 3.05) is 0 Å². The fourth-order valence-corrected chi connectivity index (χ4v) is 3.59. The summed E-state index contributed by atoms with van der Waals surface area (Å²) in [6, 6.07) is 18.5. The summed E-state index contributed by atoms with van der Waals surface area (Å²) in [6.45, 7) is 7.11. The molecular formula is C25H22FN3O. The van der Waals surface area contributed by atoms with Crippen molar-refractivity contribution in [2.45, 2.75) is 33.9 Å². The Morgan fingerprint density at radius 1 is 1.00 bits per heavy atom. The molecular weight excluding hydrogens is 377 g/mol. The number of aromatic nitrogens is 2. The van der Waals surface area contributed by atoms with Crippen molar-refractivity contribution in [1.82, 2.24) is 9.55 Å². The maximum atomic E-state index is 13.2. The van der Waals surface area contributed by atoms with E-state index in [1.807, 2.05) is 13.0 Å². The Balaban J connectivity index is 1.79. The van der Waals surface area contributed by atoms with Gasteiger partial charge >= 0.3 is 0 Å². The summed E-state index contributed by atoms with van der Waals surface area (Å²) in [4.78, 5) is 4.44. The normalized spacial score (nSPS) is 10.9. The maximum absolute atomic E-state index is 13.2. The summed E-state index contributed by atoms with van der Waals surface area (Å²) >= 11 is 0. The van der Waals surface area contributed by atoms with Crippen LogP contribution < -0.4 is 4.74 Å². The number of fused-ring (bicyclic) bond motifs is 1. The smallest absolute Gasteiger partial charge is 0.240 e. The van der Waals surface area contributed by atoms with Crippen molar-refractivity contribution in [2.24, 2.45) is 0 Å². The van der Waals surface area contributed by atoms with Gasteiger partial charge in [0.05, 0.1) is 0 Å². The number of benzene rings is 2. The molecule has 2 aromatic carbocycles. The van der Waals surface area contributed by atoms with Gasteiger partial charge in [-0.2, -0.15) is 5.26 Å². The van der Waals surface area contributed by atoms with E-state index < -0.39 is 0 Å². The first-order chi connectivity index (χ1) is 14.5. The fourth-order valence-electron chi connectivity index (χ4n) is 3.59. The number of hydrogen-bond acceptors (Lipinski definition) is 3. The minimum Gasteiger partial charge on any atom is -0.471 e. The van der Waals surface area contributed by atoms with Gasteiger partial charge in [0, 0.05) is 17.6 Å². The van der Waals surface area contributed by atoms with Crippen LogP contribution in [0.15, 0.2) is 54.6 Å². The Hall–Kier alpha value is -3.65. The van der Waals surface area contributed by atoms with Crippen LogP contribution in [-0.4, -0.2) is 9.55 Å². The molecule has 0 atom stereocenters. The quantitative estimate of drug-likeness (QED) is 0.439. The van der Waals surface area contributed by atoms with E-state index in [0.717, 1.165) is 27.7 Å². The molecule has 0 unspecified atom stereocenters. The van der Waals surface area contributed by atoms with E-state index in [4.69, 9.17) is 4.74 Å². The van der Waals surface area contributed by atoms with Gasteiger partial charge in [0.15, 0.2) is 0 Å². The van der Waals surface area contributed by atoms with Crippen LogP contribution in [0.5, 0.6) is 5.88 Å². The van der Waals surface area contributed by atoms with Gasteiger partial charge in [-0.1, -0.05) is 42.0 Å². The minimum atomic E-state index is -0.288. The predicted molar refractivity (Wildman–Crippen MR) is 115 cm³/mol. The highest BCUT2D eigenvalue weighted by atomic mass is 19.1. The molecule has 4 rings (SSSR count). The zero-order valence-corrected chi connectivity index (χ0v) is 17.2. The first-order valence-corrected chi connectivity index (χ1v) is 9.79. The molecule has 0 aliphatic heterocycles. The molecule has 0 bridgehead atoms. The summed E-state index contributed by atoms with van der Waals surface area (Å²) in [5.41, 5.74) is 6.61. The summed E-state index contributed by atoms with van der Waals surface area (Å²) in [7, 11) is 0. The molecule has 0 aliphatic carbocycles. The second-order valence-corrected chi connectivity index (χ2v) is 7.52. The van der Waals surface area contributed by atoms with Gasteiger partial charge < -0.3 is 9.30 Å². The number of pyridine rings is 1. The van der Waals surface area contributed by atoms with Crippen molar-refractivity contribution in [3.8, 4) is 11.9 Å². The number of ether oxygens (including phenoxy) is 1. The fraction of sp³-hybridized carbons (Fsp3) is 0.200. The van der Waals surface area contributed by atoms with Gasteiger partial charge in [0.25, 0.3) is 0 Å². The second kappa shape index (κ2) is 8.00. The lowest BCUT2D eigenvalue weighted by Gasteiger charge is -2.13. The average Bonchev–Trinajstić information content (AvgIpc) is 2.99. The highest BCUT2D eigenvalue weighted by Crippen LogP contribution is 2.33. The first kappa shape index (κ1) is 19.7. The standard InChI is InChI=1S/C25H22FN3O/c1-16-4-6-19(7-5-16)14-29-18(3)17(2)23-12-22(13-27)28-25(24(23)29)30-15-20-8-10-21(26)11-9-20/h4-12H,14-15H2,1-3H3. The van der Waals surface area contributed by atoms with Gasteiger partial charge in [-0.15, -0.1) is 0 Å². The number of nitrogens with zero attached hydrogens (tertiary/aromatic N) is 3. The molecule has 4 nitrogen and oxygen atoms in total. The molecule has 0 amide bonds. The SMILES string of the molecule is Cc1ccc(Cn2c(C)c(C)c3cc(C#N)nc(OCc4ccc(F)cc4)c32)cc1. The van der Waals surface area contributed by atoms with E-state index >= 15 is 0 Å². The molecule has 0 N–H and O–H groups in total. The van der Waals surface area contributed by atoms with Crippen LogP contribution in [0.4, 0.5) is 4.39 Å². The maximum Gasteiger partial charge on any atom is 0.240 e. The third-order valence-electron chi connectivity index (χ3n) is 5.45. The van der Waals surface area contributed by atoms with Gasteiger partial charge in [0.2, 0.25) is 5.88 Å². The lowest BCUT2D eigenvalue weighted by Crippen LogP contribution is -2.05. The van der Waals surface area contributed by atoms with E-state index in [2.05, 4.69) is 53.7 Å². The molecule has 0 saturated carbocycles. The van der Waals surface area contributed by atoms with Crippen molar-refractivity contribution in [1.29, 1.82) is 5.26 Å². The molecule has 2 heterocycles. The first-order valence-electron chi connectivity index (χ1n) is 9.79. The van der Waals surface area contributed by atoms with Crippen LogP contribution in [-0.2, 0) is 13.2 Å². The van der Waals surface area contributed by atoms with Gasteiger partial charge in [0.1, 0.15) is 29.7 Å². The molecule has 0 saturated heterocycles. The Bertz CT molecular complexity index is 1250. The average molecular weight is 399 g/mol. The van der Waals surface area contributed by atoms with E-state index in [-0.39, 0.29) is 12.4 Å². The number of nitriles is 1. The Kier molecular flexibility index (Phi) is 5.24. The number of rotatable bonds is 5. The summed E-state index contributed by atoms with van der Waals surface area (Å²) in [5, 5.41) is 10.4. The summed E-state index contributed by atoms with van der Waals surface area (Å²) in [5.74, 6) is 0.126. The zero-order chi connectivity index (χ0) is 21.3. The van der Waals surface area contributed by atoms with E-state index in [0.29, 0.717) is 18.1 Å². The van der Waals surface area contributed by atoms with Crippen LogP contribution in [0.1, 0.15) is 33.6 Å². The number of hydrogen-bond donors (Lipinski definition) is 0. The third kappa shape index (κ3) is 3.77.